The Labute approximate surface area is 132 Å². The summed E-state index contributed by atoms with van der Waals surface area (Å²) in [4.78, 5) is 6.80. The molecule has 0 saturated heterocycles. The standard InChI is InChI=1S/C18H26N2O2/c1-12(2)5-6-22-16-8-14-7-13(3)20(17(14)19-11-16)15-9-18(4,21)10-15/h8,11-12,15,21H,3,5-7,9-10H2,1-2,4H3/t15-,18+. The lowest BCUT2D eigenvalue weighted by Crippen LogP contribution is -2.52. The van der Waals surface area contributed by atoms with E-state index in [1.165, 1.54) is 5.56 Å². The predicted molar refractivity (Wildman–Crippen MR) is 88.2 cm³/mol. The normalized spacial score (nSPS) is 27.0. The summed E-state index contributed by atoms with van der Waals surface area (Å²) >= 11 is 0. The van der Waals surface area contributed by atoms with Crippen molar-refractivity contribution in [3.63, 3.8) is 0 Å². The molecule has 22 heavy (non-hydrogen) atoms. The average Bonchev–Trinajstić information content (AvgIpc) is 2.70. The Bertz CT molecular complexity index is 572. The highest BCUT2D eigenvalue weighted by Crippen LogP contribution is 2.43. The van der Waals surface area contributed by atoms with Crippen molar-refractivity contribution in [1.82, 2.24) is 4.98 Å². The summed E-state index contributed by atoms with van der Waals surface area (Å²) in [5.41, 5.74) is 1.72. The van der Waals surface area contributed by atoms with Gasteiger partial charge in [0.15, 0.2) is 0 Å². The molecule has 4 nitrogen and oxygen atoms in total. The van der Waals surface area contributed by atoms with Gasteiger partial charge in [-0.2, -0.15) is 0 Å². The van der Waals surface area contributed by atoms with E-state index in [1.54, 1.807) is 0 Å². The van der Waals surface area contributed by atoms with Crippen LogP contribution in [0.5, 0.6) is 5.75 Å². The zero-order valence-corrected chi connectivity index (χ0v) is 13.8. The minimum absolute atomic E-state index is 0.323. The first kappa shape index (κ1) is 15.3. The van der Waals surface area contributed by atoms with Gasteiger partial charge in [0.1, 0.15) is 11.6 Å². The van der Waals surface area contributed by atoms with Crippen LogP contribution in [0.3, 0.4) is 0 Å². The molecule has 0 unspecified atom stereocenters. The highest BCUT2D eigenvalue weighted by atomic mass is 16.5. The fraction of sp³-hybridized carbons (Fsp3) is 0.611. The van der Waals surface area contributed by atoms with Crippen LogP contribution in [0.25, 0.3) is 0 Å². The lowest BCUT2D eigenvalue weighted by atomic mass is 9.76. The van der Waals surface area contributed by atoms with Gasteiger partial charge in [-0.1, -0.05) is 20.4 Å². The Hall–Kier alpha value is -1.55. The van der Waals surface area contributed by atoms with Crippen molar-refractivity contribution in [3.8, 4) is 5.75 Å². The second-order valence-corrected chi connectivity index (χ2v) is 7.36. The number of hydrogen-bond donors (Lipinski definition) is 1. The molecule has 120 valence electrons. The molecule has 1 fully saturated rings. The highest BCUT2D eigenvalue weighted by molar-refractivity contribution is 5.62. The maximum atomic E-state index is 9.97. The predicted octanol–water partition coefficient (Wildman–Crippen LogP) is 3.30. The number of nitrogens with zero attached hydrogens (tertiary/aromatic N) is 2. The molecule has 0 radical (unpaired) electrons. The van der Waals surface area contributed by atoms with E-state index in [-0.39, 0.29) is 0 Å². The van der Waals surface area contributed by atoms with E-state index in [1.807, 2.05) is 13.1 Å². The van der Waals surface area contributed by atoms with E-state index >= 15 is 0 Å². The van der Waals surface area contributed by atoms with E-state index in [0.29, 0.717) is 12.0 Å². The van der Waals surface area contributed by atoms with Crippen LogP contribution in [-0.2, 0) is 6.42 Å². The molecule has 1 saturated carbocycles. The van der Waals surface area contributed by atoms with E-state index in [4.69, 9.17) is 4.74 Å². The van der Waals surface area contributed by atoms with Crippen molar-refractivity contribution in [1.29, 1.82) is 0 Å². The van der Waals surface area contributed by atoms with E-state index < -0.39 is 5.60 Å². The third-order valence-electron chi connectivity index (χ3n) is 4.56. The largest absolute Gasteiger partial charge is 0.492 e. The van der Waals surface area contributed by atoms with Crippen LogP contribution in [0, 0.1) is 5.92 Å². The first-order chi connectivity index (χ1) is 10.4. The quantitative estimate of drug-likeness (QED) is 0.906. The van der Waals surface area contributed by atoms with Crippen molar-refractivity contribution < 1.29 is 9.84 Å². The smallest absolute Gasteiger partial charge is 0.138 e. The number of aliphatic hydroxyl groups is 1. The minimum Gasteiger partial charge on any atom is -0.492 e. The number of aromatic nitrogens is 1. The average molecular weight is 302 g/mol. The molecular weight excluding hydrogens is 276 g/mol. The lowest BCUT2D eigenvalue weighted by molar-refractivity contribution is -0.0293. The Kier molecular flexibility index (Phi) is 3.89. The monoisotopic (exact) mass is 302 g/mol. The Morgan fingerprint density at radius 3 is 2.86 bits per heavy atom. The molecule has 2 heterocycles. The Balaban J connectivity index is 1.69. The number of fused-ring (bicyclic) bond motifs is 1. The molecule has 0 spiro atoms. The van der Waals surface area contributed by atoms with Gasteiger partial charge in [0.2, 0.25) is 0 Å². The first-order valence-corrected chi connectivity index (χ1v) is 8.17. The second-order valence-electron chi connectivity index (χ2n) is 7.36. The van der Waals surface area contributed by atoms with E-state index in [0.717, 1.165) is 49.6 Å². The summed E-state index contributed by atoms with van der Waals surface area (Å²) in [6, 6.07) is 2.41. The van der Waals surface area contributed by atoms with E-state index in [2.05, 4.69) is 36.4 Å². The second kappa shape index (κ2) is 5.58. The molecule has 0 bridgehead atoms. The lowest BCUT2D eigenvalue weighted by Gasteiger charge is -2.46. The van der Waals surface area contributed by atoms with Crippen molar-refractivity contribution in [2.45, 2.75) is 58.1 Å². The molecule has 1 aromatic rings. The van der Waals surface area contributed by atoms with Crippen molar-refractivity contribution in [2.24, 2.45) is 5.92 Å². The molecule has 4 heteroatoms. The van der Waals surface area contributed by atoms with Crippen molar-refractivity contribution >= 4 is 5.82 Å². The summed E-state index contributed by atoms with van der Waals surface area (Å²) in [6.07, 6.45) is 5.23. The van der Waals surface area contributed by atoms with Gasteiger partial charge in [-0.05, 0) is 38.2 Å². The fourth-order valence-electron chi connectivity index (χ4n) is 3.34. The zero-order valence-electron chi connectivity index (χ0n) is 13.8. The Morgan fingerprint density at radius 1 is 1.50 bits per heavy atom. The van der Waals surface area contributed by atoms with Crippen LogP contribution in [-0.4, -0.2) is 28.3 Å². The van der Waals surface area contributed by atoms with Gasteiger partial charge in [-0.25, -0.2) is 4.98 Å². The third kappa shape index (κ3) is 2.98. The van der Waals surface area contributed by atoms with E-state index in [9.17, 15) is 5.11 Å². The van der Waals surface area contributed by atoms with Gasteiger partial charge in [0, 0.05) is 23.7 Å². The summed E-state index contributed by atoms with van der Waals surface area (Å²) in [7, 11) is 0. The number of anilines is 1. The highest BCUT2D eigenvalue weighted by Gasteiger charge is 2.44. The number of hydrogen-bond acceptors (Lipinski definition) is 4. The summed E-state index contributed by atoms with van der Waals surface area (Å²) in [5.74, 6) is 2.47. The summed E-state index contributed by atoms with van der Waals surface area (Å²) in [5, 5.41) is 9.97. The molecule has 1 aliphatic carbocycles. The number of ether oxygens (including phenoxy) is 1. The van der Waals surface area contributed by atoms with Crippen LogP contribution in [0.1, 0.15) is 45.6 Å². The first-order valence-electron chi connectivity index (χ1n) is 8.17. The van der Waals surface area contributed by atoms with Crippen LogP contribution in [0.15, 0.2) is 24.5 Å². The fourth-order valence-corrected chi connectivity index (χ4v) is 3.34. The van der Waals surface area contributed by atoms with Crippen LogP contribution in [0.2, 0.25) is 0 Å². The van der Waals surface area contributed by atoms with Gasteiger partial charge in [0.25, 0.3) is 0 Å². The number of pyridine rings is 1. The minimum atomic E-state index is -0.534. The molecular formula is C18H26N2O2. The molecule has 2 aliphatic rings. The van der Waals surface area contributed by atoms with Crippen molar-refractivity contribution in [2.75, 3.05) is 11.5 Å². The maximum Gasteiger partial charge on any atom is 0.138 e. The van der Waals surface area contributed by atoms with Gasteiger partial charge >= 0.3 is 0 Å². The summed E-state index contributed by atoms with van der Waals surface area (Å²) < 4.78 is 5.80. The topological polar surface area (TPSA) is 45.6 Å². The number of allylic oxidation sites excluding steroid dienone is 1. The van der Waals surface area contributed by atoms with Crippen LogP contribution in [0.4, 0.5) is 5.82 Å². The summed E-state index contributed by atoms with van der Waals surface area (Å²) in [6.45, 7) is 11.2. The van der Waals surface area contributed by atoms with Crippen molar-refractivity contribution in [3.05, 3.63) is 30.1 Å². The molecule has 0 aromatic carbocycles. The molecule has 1 aliphatic heterocycles. The molecule has 1 N–H and O–H groups in total. The number of rotatable bonds is 5. The van der Waals surface area contributed by atoms with Gasteiger partial charge in [-0.15, -0.1) is 0 Å². The molecule has 0 atom stereocenters. The molecule has 1 aromatic heterocycles. The maximum absolute atomic E-state index is 9.97. The SMILES string of the molecule is C=C1Cc2cc(OCCC(C)C)cnc2N1[C@H]1C[C@@](C)(O)C1. The third-order valence-corrected chi connectivity index (χ3v) is 4.56. The molecule has 0 amide bonds. The molecule has 3 rings (SSSR count). The zero-order chi connectivity index (χ0) is 15.9. The van der Waals surface area contributed by atoms with Gasteiger partial charge in [-0.3, -0.25) is 0 Å². The van der Waals surface area contributed by atoms with Crippen LogP contribution >= 0.6 is 0 Å². The van der Waals surface area contributed by atoms with Crippen LogP contribution < -0.4 is 9.64 Å². The Morgan fingerprint density at radius 2 is 2.23 bits per heavy atom. The van der Waals surface area contributed by atoms with Gasteiger partial charge < -0.3 is 14.7 Å². The van der Waals surface area contributed by atoms with Gasteiger partial charge in [0.05, 0.1) is 18.4 Å².